The van der Waals surface area contributed by atoms with E-state index < -0.39 is 0 Å². The molecule has 2 aromatic rings. The number of rotatable bonds is 3. The lowest BCUT2D eigenvalue weighted by atomic mass is 9.88. The van der Waals surface area contributed by atoms with Crippen molar-refractivity contribution < 1.29 is 0 Å². The lowest BCUT2D eigenvalue weighted by molar-refractivity contribution is 0.584. The summed E-state index contributed by atoms with van der Waals surface area (Å²) in [7, 11) is 0. The van der Waals surface area contributed by atoms with Crippen molar-refractivity contribution in [2.24, 2.45) is 5.92 Å². The lowest BCUT2D eigenvalue weighted by Gasteiger charge is -2.16. The van der Waals surface area contributed by atoms with Crippen LogP contribution in [0.25, 0.3) is 17.2 Å². The minimum Gasteiger partial charge on any atom is -0.264 e. The van der Waals surface area contributed by atoms with E-state index in [-0.39, 0.29) is 0 Å². The minimum atomic E-state index is 0.551. The third-order valence-electron chi connectivity index (χ3n) is 5.24. The highest BCUT2D eigenvalue weighted by Gasteiger charge is 2.21. The molecule has 0 amide bonds. The zero-order chi connectivity index (χ0) is 16.7. The molecule has 0 fully saturated rings. The minimum absolute atomic E-state index is 0.551. The van der Waals surface area contributed by atoms with Gasteiger partial charge in [0, 0.05) is 23.9 Å². The molecule has 0 N–H and O–H groups in total. The summed E-state index contributed by atoms with van der Waals surface area (Å²) in [5.41, 5.74) is 9.46. The molecule has 4 rings (SSSR count). The zero-order valence-electron chi connectivity index (χ0n) is 14.6. The predicted octanol–water partition coefficient (Wildman–Crippen LogP) is 6.03. The fourth-order valence-corrected chi connectivity index (χ4v) is 3.79. The van der Waals surface area contributed by atoms with Gasteiger partial charge < -0.3 is 0 Å². The predicted molar refractivity (Wildman–Crippen MR) is 103 cm³/mol. The summed E-state index contributed by atoms with van der Waals surface area (Å²) in [5.74, 6) is 1.19. The maximum atomic E-state index is 4.29. The van der Waals surface area contributed by atoms with Crippen LogP contribution in [-0.2, 0) is 0 Å². The van der Waals surface area contributed by atoms with Crippen LogP contribution in [0, 0.1) is 12.8 Å². The molecule has 1 aromatic carbocycles. The maximum Gasteiger partial charge on any atom is 0.0348 e. The number of aromatic nitrogens is 1. The van der Waals surface area contributed by atoms with Crippen molar-refractivity contribution in [2.45, 2.75) is 33.1 Å². The van der Waals surface area contributed by atoms with Crippen molar-refractivity contribution in [2.75, 3.05) is 0 Å². The average Bonchev–Trinajstić information content (AvgIpc) is 3.21. The Morgan fingerprint density at radius 3 is 2.83 bits per heavy atom. The molecule has 0 bridgehead atoms. The molecule has 1 nitrogen and oxygen atoms in total. The second kappa shape index (κ2) is 5.90. The van der Waals surface area contributed by atoms with Gasteiger partial charge in [-0.1, -0.05) is 56.4 Å². The van der Waals surface area contributed by atoms with Crippen LogP contribution >= 0.6 is 0 Å². The number of hydrogen-bond acceptors (Lipinski definition) is 1. The van der Waals surface area contributed by atoms with Crippen LogP contribution in [-0.4, -0.2) is 4.98 Å². The molecule has 1 heterocycles. The van der Waals surface area contributed by atoms with E-state index in [0.717, 1.165) is 6.42 Å². The molecule has 1 aromatic heterocycles. The van der Waals surface area contributed by atoms with Gasteiger partial charge in [-0.25, -0.2) is 0 Å². The van der Waals surface area contributed by atoms with Gasteiger partial charge in [-0.3, -0.25) is 4.98 Å². The van der Waals surface area contributed by atoms with Crippen molar-refractivity contribution in [3.63, 3.8) is 0 Å². The van der Waals surface area contributed by atoms with Gasteiger partial charge in [-0.2, -0.15) is 0 Å². The number of benzene rings is 1. The second-order valence-corrected chi connectivity index (χ2v) is 7.20. The first-order chi connectivity index (χ1) is 11.6. The summed E-state index contributed by atoms with van der Waals surface area (Å²) >= 11 is 0. The number of hydrogen-bond donors (Lipinski definition) is 0. The molecule has 0 radical (unpaired) electrons. The molecule has 2 aliphatic rings. The van der Waals surface area contributed by atoms with E-state index >= 15 is 0 Å². The molecule has 24 heavy (non-hydrogen) atoms. The summed E-state index contributed by atoms with van der Waals surface area (Å²) in [4.78, 5) is 4.29. The number of fused-ring (bicyclic) bond motifs is 1. The van der Waals surface area contributed by atoms with E-state index in [9.17, 15) is 0 Å². The van der Waals surface area contributed by atoms with Crippen molar-refractivity contribution in [3.8, 4) is 0 Å². The van der Waals surface area contributed by atoms with E-state index in [2.05, 4.69) is 74.3 Å². The largest absolute Gasteiger partial charge is 0.264 e. The molecule has 1 atom stereocenters. The molecule has 1 unspecified atom stereocenters. The Kier molecular flexibility index (Phi) is 3.72. The van der Waals surface area contributed by atoms with Crippen LogP contribution < -0.4 is 0 Å². The molecular weight excluding hydrogens is 290 g/mol. The third-order valence-corrected chi connectivity index (χ3v) is 5.24. The summed E-state index contributed by atoms with van der Waals surface area (Å²) in [6.07, 6.45) is 14.1. The molecule has 0 saturated heterocycles. The second-order valence-electron chi connectivity index (χ2n) is 7.20. The molecule has 0 saturated carbocycles. The van der Waals surface area contributed by atoms with Crippen molar-refractivity contribution in [3.05, 3.63) is 82.7 Å². The Labute approximate surface area is 144 Å². The summed E-state index contributed by atoms with van der Waals surface area (Å²) in [5, 5.41) is 0. The quantitative estimate of drug-likeness (QED) is 0.674. The van der Waals surface area contributed by atoms with Gasteiger partial charge in [0.2, 0.25) is 0 Å². The first kappa shape index (κ1) is 15.1. The van der Waals surface area contributed by atoms with Gasteiger partial charge in [-0.05, 0) is 58.7 Å². The van der Waals surface area contributed by atoms with E-state index in [1.54, 1.807) is 0 Å². The van der Waals surface area contributed by atoms with E-state index in [1.165, 1.54) is 39.0 Å². The molecule has 1 heteroatoms. The zero-order valence-corrected chi connectivity index (χ0v) is 14.6. The van der Waals surface area contributed by atoms with Crippen LogP contribution in [0.1, 0.15) is 54.0 Å². The SMILES string of the molecule is Cc1ccncc1C1=CCC(c2ccc3c(c2)C(C(C)C)C=C3)=C1. The normalized spacial score (nSPS) is 18.8. The monoisotopic (exact) mass is 313 g/mol. The molecule has 0 spiro atoms. The van der Waals surface area contributed by atoms with Gasteiger partial charge in [0.25, 0.3) is 0 Å². The lowest BCUT2D eigenvalue weighted by Crippen LogP contribution is -2.02. The van der Waals surface area contributed by atoms with E-state index in [1.807, 2.05) is 12.4 Å². The Morgan fingerprint density at radius 1 is 1.17 bits per heavy atom. The Balaban J connectivity index is 1.66. The van der Waals surface area contributed by atoms with Gasteiger partial charge in [-0.15, -0.1) is 0 Å². The fourth-order valence-electron chi connectivity index (χ4n) is 3.79. The maximum absolute atomic E-state index is 4.29. The third kappa shape index (κ3) is 2.54. The summed E-state index contributed by atoms with van der Waals surface area (Å²) in [6, 6.07) is 9.03. The average molecular weight is 313 g/mol. The first-order valence-corrected chi connectivity index (χ1v) is 8.77. The molecular formula is C23H23N. The number of pyridine rings is 1. The standard InChI is InChI=1S/C23H23N/c1-15(2)21-9-8-17-4-5-19(13-22(17)21)18-6-7-20(12-18)23-14-24-11-10-16(23)3/h4-5,7-15,21H,6H2,1-3H3. The molecule has 120 valence electrons. The topological polar surface area (TPSA) is 12.9 Å². The van der Waals surface area contributed by atoms with E-state index in [4.69, 9.17) is 0 Å². The highest BCUT2D eigenvalue weighted by molar-refractivity contribution is 5.90. The molecule has 2 aliphatic carbocycles. The van der Waals surface area contributed by atoms with Crippen LogP contribution in [0.2, 0.25) is 0 Å². The molecule has 0 aliphatic heterocycles. The van der Waals surface area contributed by atoms with Crippen LogP contribution in [0.3, 0.4) is 0 Å². The van der Waals surface area contributed by atoms with Crippen LogP contribution in [0.15, 0.2) is 54.9 Å². The summed E-state index contributed by atoms with van der Waals surface area (Å²) < 4.78 is 0. The van der Waals surface area contributed by atoms with Crippen molar-refractivity contribution >= 4 is 17.2 Å². The van der Waals surface area contributed by atoms with Crippen molar-refractivity contribution in [1.29, 1.82) is 0 Å². The smallest absolute Gasteiger partial charge is 0.0348 e. The van der Waals surface area contributed by atoms with Gasteiger partial charge in [0.05, 0.1) is 0 Å². The highest BCUT2D eigenvalue weighted by Crippen LogP contribution is 2.39. The highest BCUT2D eigenvalue weighted by atomic mass is 14.6. The van der Waals surface area contributed by atoms with Gasteiger partial charge in [0.1, 0.15) is 0 Å². The first-order valence-electron chi connectivity index (χ1n) is 8.77. The number of allylic oxidation sites excluding steroid dienone is 5. The van der Waals surface area contributed by atoms with Crippen molar-refractivity contribution in [1.82, 2.24) is 4.98 Å². The number of aryl methyl sites for hydroxylation is 1. The Morgan fingerprint density at radius 2 is 2.04 bits per heavy atom. The van der Waals surface area contributed by atoms with Crippen LogP contribution in [0.5, 0.6) is 0 Å². The van der Waals surface area contributed by atoms with Gasteiger partial charge >= 0.3 is 0 Å². The van der Waals surface area contributed by atoms with Gasteiger partial charge in [0.15, 0.2) is 0 Å². The Hall–Kier alpha value is -2.41. The fraction of sp³-hybridized carbons (Fsp3) is 0.261. The Bertz CT molecular complexity index is 881. The van der Waals surface area contributed by atoms with Crippen LogP contribution in [0.4, 0.5) is 0 Å². The summed E-state index contributed by atoms with van der Waals surface area (Å²) in [6.45, 7) is 6.75. The number of nitrogens with zero attached hydrogens (tertiary/aromatic N) is 1. The van der Waals surface area contributed by atoms with E-state index in [0.29, 0.717) is 11.8 Å².